The van der Waals surface area contributed by atoms with E-state index in [-0.39, 0.29) is 29.7 Å². The van der Waals surface area contributed by atoms with Crippen molar-refractivity contribution in [3.05, 3.63) is 138 Å². The molecule has 1 atom stereocenters. The van der Waals surface area contributed by atoms with Gasteiger partial charge in [-0.1, -0.05) is 73.7 Å². The predicted octanol–water partition coefficient (Wildman–Crippen LogP) is 3.77. The molecular weight excluding hydrogens is 549 g/mol. The minimum Gasteiger partial charge on any atom is -0.611 e. The normalized spacial score (nSPS) is 14.2. The van der Waals surface area contributed by atoms with Crippen LogP contribution in [0.5, 0.6) is 0 Å². The summed E-state index contributed by atoms with van der Waals surface area (Å²) < 4.78 is 11.2. The molecule has 42 heavy (non-hydrogen) atoms. The van der Waals surface area contributed by atoms with Crippen LogP contribution in [-0.4, -0.2) is 41.9 Å². The van der Waals surface area contributed by atoms with Gasteiger partial charge in [0.2, 0.25) is 0 Å². The van der Waals surface area contributed by atoms with Crippen LogP contribution >= 0.6 is 7.26 Å². The van der Waals surface area contributed by atoms with E-state index in [1.165, 1.54) is 12.1 Å². The molecule has 0 radical (unpaired) electrons. The summed E-state index contributed by atoms with van der Waals surface area (Å²) in [6, 6.07) is 32.9. The Labute approximate surface area is 245 Å². The first-order valence-electron chi connectivity index (χ1n) is 13.7. The molecule has 212 valence electrons. The molecule has 0 unspecified atom stereocenters. The van der Waals surface area contributed by atoms with E-state index >= 15 is 0 Å². The van der Waals surface area contributed by atoms with E-state index in [4.69, 9.17) is 9.47 Å². The van der Waals surface area contributed by atoms with Crippen molar-refractivity contribution in [1.29, 1.82) is 0 Å². The second-order valence-electron chi connectivity index (χ2n) is 9.46. The van der Waals surface area contributed by atoms with Crippen molar-refractivity contribution in [2.24, 2.45) is 0 Å². The van der Waals surface area contributed by atoms with Gasteiger partial charge in [0, 0.05) is 0 Å². The van der Waals surface area contributed by atoms with E-state index in [0.717, 1.165) is 20.8 Å². The Hall–Kier alpha value is -4.74. The summed E-state index contributed by atoms with van der Waals surface area (Å²) in [4.78, 5) is 42.8. The van der Waals surface area contributed by atoms with E-state index in [2.05, 4.69) is 0 Å². The number of carbonyl (C=O) groups is 3. The highest BCUT2D eigenvalue weighted by atomic mass is 31.2. The van der Waals surface area contributed by atoms with Crippen LogP contribution in [0.25, 0.3) is 0 Å². The molecule has 1 aliphatic rings. The van der Waals surface area contributed by atoms with Crippen LogP contribution in [0.2, 0.25) is 0 Å². The number of carbonyl (C=O) groups excluding carboxylic acids is 3. The lowest BCUT2D eigenvalue weighted by atomic mass is 10.1. The first-order chi connectivity index (χ1) is 20.5. The molecule has 0 bridgehead atoms. The van der Waals surface area contributed by atoms with Gasteiger partial charge in [-0.3, -0.25) is 14.5 Å². The number of ether oxygens (including phenoxy) is 2. The molecule has 0 N–H and O–H groups in total. The lowest BCUT2D eigenvalue weighted by Gasteiger charge is -2.37. The third kappa shape index (κ3) is 4.86. The van der Waals surface area contributed by atoms with Crippen LogP contribution in [-0.2, 0) is 14.3 Å². The molecule has 5 rings (SSSR count). The Bertz CT molecular complexity index is 1490. The van der Waals surface area contributed by atoms with Gasteiger partial charge in [0.1, 0.15) is 28.5 Å². The van der Waals surface area contributed by atoms with Crippen molar-refractivity contribution < 1.29 is 29.0 Å². The molecule has 0 spiro atoms. The molecule has 0 aromatic heterocycles. The summed E-state index contributed by atoms with van der Waals surface area (Å²) in [6.07, 6.45) is 0. The van der Waals surface area contributed by atoms with Crippen molar-refractivity contribution in [3.63, 3.8) is 0 Å². The first kappa shape index (κ1) is 28.8. The van der Waals surface area contributed by atoms with Crippen LogP contribution in [0, 0.1) is 0 Å². The number of imide groups is 1. The number of hydrogen-bond acceptors (Lipinski definition) is 6. The Balaban J connectivity index is 1.93. The number of hydrogen-bond donors (Lipinski definition) is 0. The Morgan fingerprint density at radius 1 is 0.667 bits per heavy atom. The minimum atomic E-state index is -3.29. The first-order valence-corrected chi connectivity index (χ1v) is 15.5. The lowest BCUT2D eigenvalue weighted by Crippen LogP contribution is -2.51. The van der Waals surface area contributed by atoms with Gasteiger partial charge in [-0.05, 0) is 62.1 Å². The molecule has 4 aromatic rings. The second kappa shape index (κ2) is 12.4. The average Bonchev–Trinajstić information content (AvgIpc) is 3.28. The van der Waals surface area contributed by atoms with Gasteiger partial charge >= 0.3 is 5.97 Å². The van der Waals surface area contributed by atoms with Crippen LogP contribution in [0.4, 0.5) is 0 Å². The summed E-state index contributed by atoms with van der Waals surface area (Å²) in [7, 11) is -3.29. The standard InChI is InChI=1S/C34H30NO6P/c1-3-40-33(38)29(35-31(36)27-22-14-15-23-28(27)32(35)37)30(34(39)41-4-2)42(24-16-8-5-9-17-24,25-18-10-6-11-19-25)26-20-12-7-13-21-26/h5-23,29H,3-4H2,1-2H3/b34-30+/t29-/m1/s1. The predicted molar refractivity (Wildman–Crippen MR) is 161 cm³/mol. The maximum absolute atomic E-state index is 14.4. The van der Waals surface area contributed by atoms with Gasteiger partial charge < -0.3 is 14.6 Å². The zero-order chi connectivity index (χ0) is 29.7. The van der Waals surface area contributed by atoms with Crippen molar-refractivity contribution in [2.75, 3.05) is 13.2 Å². The Morgan fingerprint density at radius 3 is 1.43 bits per heavy atom. The highest BCUT2D eigenvalue weighted by Crippen LogP contribution is 2.65. The fourth-order valence-corrected chi connectivity index (χ4v) is 9.97. The third-order valence-corrected chi connectivity index (χ3v) is 11.5. The van der Waals surface area contributed by atoms with Gasteiger partial charge in [-0.25, -0.2) is 4.79 Å². The van der Waals surface area contributed by atoms with E-state index in [9.17, 15) is 19.5 Å². The van der Waals surface area contributed by atoms with Gasteiger partial charge in [0.25, 0.3) is 11.8 Å². The molecule has 1 heterocycles. The monoisotopic (exact) mass is 579 g/mol. The highest BCUT2D eigenvalue weighted by Gasteiger charge is 2.59. The topological polar surface area (TPSA) is 96.0 Å². The molecule has 0 saturated heterocycles. The van der Waals surface area contributed by atoms with E-state index in [1.807, 2.05) is 91.0 Å². The maximum atomic E-state index is 14.4. The number of fused-ring (bicyclic) bond motifs is 1. The molecule has 2 amide bonds. The molecule has 8 heteroatoms. The van der Waals surface area contributed by atoms with Gasteiger partial charge in [-0.15, -0.1) is 0 Å². The van der Waals surface area contributed by atoms with Gasteiger partial charge in [-0.2, -0.15) is 0 Å². The summed E-state index contributed by atoms with van der Waals surface area (Å²) in [6.45, 7) is 3.29. The Kier molecular flexibility index (Phi) is 8.51. The molecule has 0 aliphatic carbocycles. The maximum Gasteiger partial charge on any atom is 0.337 e. The van der Waals surface area contributed by atoms with Crippen molar-refractivity contribution in [2.45, 2.75) is 19.9 Å². The van der Waals surface area contributed by atoms with Crippen LogP contribution < -0.4 is 21.0 Å². The second-order valence-corrected chi connectivity index (χ2v) is 12.8. The van der Waals surface area contributed by atoms with Crippen molar-refractivity contribution >= 4 is 41.0 Å². The van der Waals surface area contributed by atoms with Crippen LogP contribution in [0.15, 0.2) is 127 Å². The molecule has 4 aromatic carbocycles. The largest absolute Gasteiger partial charge is 0.611 e. The number of esters is 1. The third-order valence-electron chi connectivity index (χ3n) is 7.13. The van der Waals surface area contributed by atoms with Crippen molar-refractivity contribution in [1.82, 2.24) is 4.90 Å². The molecule has 0 fully saturated rings. The summed E-state index contributed by atoms with van der Waals surface area (Å²) in [5, 5.41) is 16.6. The average molecular weight is 580 g/mol. The fourth-order valence-electron chi connectivity index (χ4n) is 5.46. The summed E-state index contributed by atoms with van der Waals surface area (Å²) in [5.41, 5.74) is 0.311. The minimum absolute atomic E-state index is 0.0123. The molecule has 7 nitrogen and oxygen atoms in total. The van der Waals surface area contributed by atoms with E-state index < -0.39 is 37.0 Å². The molecule has 0 saturated carbocycles. The number of nitrogens with zero attached hydrogens (tertiary/aromatic N) is 1. The number of benzene rings is 4. The van der Waals surface area contributed by atoms with Gasteiger partial charge in [0.05, 0.1) is 23.7 Å². The number of rotatable bonds is 10. The fraction of sp³-hybridized carbons (Fsp3) is 0.147. The van der Waals surface area contributed by atoms with Crippen molar-refractivity contribution in [3.8, 4) is 0 Å². The van der Waals surface area contributed by atoms with E-state index in [0.29, 0.717) is 0 Å². The van der Waals surface area contributed by atoms with Crippen LogP contribution in [0.3, 0.4) is 0 Å². The quantitative estimate of drug-likeness (QED) is 0.123. The summed E-state index contributed by atoms with van der Waals surface area (Å²) in [5.74, 6) is -3.02. The molecule has 1 aliphatic heterocycles. The zero-order valence-electron chi connectivity index (χ0n) is 23.3. The van der Waals surface area contributed by atoms with Gasteiger partial charge in [0.15, 0.2) is 6.04 Å². The lowest BCUT2D eigenvalue weighted by molar-refractivity contribution is -0.358. The molecular formula is C34H30NO6P. The SMILES string of the molecule is CCOC(=O)[C@@H](/C(=C(/[O-])OCC)[P+](c1ccccc1)(c1ccccc1)c1ccccc1)N1C(=O)c2ccccc2C1=O. The number of amides is 2. The van der Waals surface area contributed by atoms with E-state index in [1.54, 1.807) is 26.0 Å². The van der Waals surface area contributed by atoms with Crippen LogP contribution in [0.1, 0.15) is 34.6 Å². The Morgan fingerprint density at radius 2 is 1.05 bits per heavy atom. The smallest absolute Gasteiger partial charge is 0.337 e. The zero-order valence-corrected chi connectivity index (χ0v) is 24.2. The highest BCUT2D eigenvalue weighted by molar-refractivity contribution is 7.99. The summed E-state index contributed by atoms with van der Waals surface area (Å²) >= 11 is 0.